The molecule has 0 saturated heterocycles. The van der Waals surface area contributed by atoms with E-state index in [9.17, 15) is 0 Å². The van der Waals surface area contributed by atoms with Gasteiger partial charge in [0.25, 0.3) is 0 Å². The van der Waals surface area contributed by atoms with E-state index < -0.39 is 5.41 Å². The molecular formula is C44H32O. The third kappa shape index (κ3) is 3.56. The Morgan fingerprint density at radius 1 is 0.444 bits per heavy atom. The molecule has 7 aromatic carbocycles. The fourth-order valence-electron chi connectivity index (χ4n) is 8.16. The number of para-hydroxylation sites is 1. The first-order chi connectivity index (χ1) is 22.1. The Hall–Kier alpha value is -5.40. The minimum Gasteiger partial charge on any atom is -0.457 e. The second kappa shape index (κ2) is 9.55. The maximum atomic E-state index is 6.46. The SMILES string of the molecule is CC1(C)c2ccccc2Oc2ccc(-c3ccccc3C3(c4ccccc4)c4ccccc4-c4c3ccc3ccccc43)cc21. The maximum absolute atomic E-state index is 6.46. The summed E-state index contributed by atoms with van der Waals surface area (Å²) < 4.78 is 6.46. The molecule has 0 radical (unpaired) electrons. The molecule has 1 atom stereocenters. The molecule has 1 unspecified atom stereocenters. The Kier molecular flexibility index (Phi) is 5.53. The Bertz CT molecular complexity index is 2280. The number of ether oxygens (including phenoxy) is 1. The van der Waals surface area contributed by atoms with Crippen molar-refractivity contribution in [1.29, 1.82) is 0 Å². The van der Waals surface area contributed by atoms with Gasteiger partial charge >= 0.3 is 0 Å². The van der Waals surface area contributed by atoms with E-state index in [0.29, 0.717) is 0 Å². The predicted octanol–water partition coefficient (Wildman–Crippen LogP) is 11.3. The monoisotopic (exact) mass is 576 g/mol. The van der Waals surface area contributed by atoms with Crippen molar-refractivity contribution in [2.45, 2.75) is 24.7 Å². The molecule has 7 aromatic rings. The van der Waals surface area contributed by atoms with E-state index in [-0.39, 0.29) is 5.41 Å². The third-order valence-electron chi connectivity index (χ3n) is 10.2. The molecule has 1 heteroatoms. The van der Waals surface area contributed by atoms with E-state index in [4.69, 9.17) is 4.74 Å². The fourth-order valence-corrected chi connectivity index (χ4v) is 8.16. The van der Waals surface area contributed by atoms with Gasteiger partial charge in [-0.2, -0.15) is 0 Å². The summed E-state index contributed by atoms with van der Waals surface area (Å²) in [5.41, 5.74) is 12.0. The first-order valence-electron chi connectivity index (χ1n) is 15.8. The van der Waals surface area contributed by atoms with Crippen LogP contribution < -0.4 is 4.74 Å². The maximum Gasteiger partial charge on any atom is 0.131 e. The molecule has 1 aliphatic heterocycles. The summed E-state index contributed by atoms with van der Waals surface area (Å²) in [7, 11) is 0. The van der Waals surface area contributed by atoms with Crippen LogP contribution in [0.2, 0.25) is 0 Å². The van der Waals surface area contributed by atoms with Gasteiger partial charge in [0.2, 0.25) is 0 Å². The Morgan fingerprint density at radius 2 is 1.07 bits per heavy atom. The summed E-state index contributed by atoms with van der Waals surface area (Å²) in [5, 5.41) is 2.56. The molecule has 214 valence electrons. The van der Waals surface area contributed by atoms with E-state index in [1.54, 1.807) is 0 Å². The van der Waals surface area contributed by atoms with Crippen LogP contribution in [0.3, 0.4) is 0 Å². The molecular weight excluding hydrogens is 544 g/mol. The summed E-state index contributed by atoms with van der Waals surface area (Å²) in [4.78, 5) is 0. The van der Waals surface area contributed by atoms with Crippen LogP contribution in [-0.2, 0) is 10.8 Å². The topological polar surface area (TPSA) is 9.23 Å². The molecule has 0 aromatic heterocycles. The lowest BCUT2D eigenvalue weighted by Crippen LogP contribution is -2.29. The summed E-state index contributed by atoms with van der Waals surface area (Å²) in [6.45, 7) is 4.62. The van der Waals surface area contributed by atoms with Crippen molar-refractivity contribution in [3.05, 3.63) is 191 Å². The van der Waals surface area contributed by atoms with E-state index >= 15 is 0 Å². The summed E-state index contributed by atoms with van der Waals surface area (Å²) in [5.74, 6) is 1.87. The minimum atomic E-state index is -0.498. The Labute approximate surface area is 264 Å². The number of fused-ring (bicyclic) bond motifs is 7. The van der Waals surface area contributed by atoms with Crippen molar-refractivity contribution in [2.75, 3.05) is 0 Å². The molecule has 1 nitrogen and oxygen atoms in total. The highest BCUT2D eigenvalue weighted by Gasteiger charge is 2.47. The average molecular weight is 577 g/mol. The van der Waals surface area contributed by atoms with Gasteiger partial charge in [0.15, 0.2) is 0 Å². The molecule has 0 bridgehead atoms. The van der Waals surface area contributed by atoms with E-state index in [0.717, 1.165) is 11.5 Å². The second-order valence-electron chi connectivity index (χ2n) is 12.9. The summed E-state index contributed by atoms with van der Waals surface area (Å²) in [6.07, 6.45) is 0. The van der Waals surface area contributed by atoms with Gasteiger partial charge in [0, 0.05) is 16.5 Å². The normalized spacial score (nSPS) is 17.1. The highest BCUT2D eigenvalue weighted by molar-refractivity contribution is 6.04. The smallest absolute Gasteiger partial charge is 0.131 e. The van der Waals surface area contributed by atoms with Crippen LogP contribution in [-0.4, -0.2) is 0 Å². The van der Waals surface area contributed by atoms with Crippen molar-refractivity contribution in [1.82, 2.24) is 0 Å². The molecule has 0 saturated carbocycles. The van der Waals surface area contributed by atoms with E-state index in [1.165, 1.54) is 66.4 Å². The molecule has 2 aliphatic rings. The van der Waals surface area contributed by atoms with Gasteiger partial charge in [-0.1, -0.05) is 153 Å². The van der Waals surface area contributed by atoms with Crippen LogP contribution in [0.15, 0.2) is 158 Å². The lowest BCUT2D eigenvalue weighted by molar-refractivity contribution is 0.418. The van der Waals surface area contributed by atoms with Crippen LogP contribution in [0.4, 0.5) is 0 Å². The summed E-state index contributed by atoms with van der Waals surface area (Å²) >= 11 is 0. The molecule has 0 spiro atoms. The quantitative estimate of drug-likeness (QED) is 0.203. The van der Waals surface area contributed by atoms with Crippen LogP contribution >= 0.6 is 0 Å². The standard InChI is InChI=1S/C44H32O/c1-43(2)37-22-12-13-23-40(37)45-41-27-25-30(28-39(41)43)32-17-8-10-20-35(32)44(31-15-4-3-5-16-31)36-21-11-9-19-34(36)42-33-18-7-6-14-29(33)24-26-38(42)44/h3-28H,1-2H3. The van der Waals surface area contributed by atoms with E-state index in [1.807, 2.05) is 6.07 Å². The van der Waals surface area contributed by atoms with Crippen LogP contribution in [0.25, 0.3) is 33.0 Å². The van der Waals surface area contributed by atoms with Crippen molar-refractivity contribution in [2.24, 2.45) is 0 Å². The molecule has 1 heterocycles. The van der Waals surface area contributed by atoms with Gasteiger partial charge in [-0.15, -0.1) is 0 Å². The largest absolute Gasteiger partial charge is 0.457 e. The molecule has 9 rings (SSSR count). The van der Waals surface area contributed by atoms with Gasteiger partial charge in [-0.25, -0.2) is 0 Å². The van der Waals surface area contributed by atoms with Crippen molar-refractivity contribution in [3.8, 4) is 33.8 Å². The second-order valence-corrected chi connectivity index (χ2v) is 12.9. The number of hydrogen-bond donors (Lipinski definition) is 0. The van der Waals surface area contributed by atoms with Gasteiger partial charge in [-0.3, -0.25) is 0 Å². The highest BCUT2D eigenvalue weighted by Crippen LogP contribution is 2.59. The van der Waals surface area contributed by atoms with Crippen molar-refractivity contribution in [3.63, 3.8) is 0 Å². The van der Waals surface area contributed by atoms with Crippen molar-refractivity contribution < 1.29 is 4.74 Å². The molecule has 45 heavy (non-hydrogen) atoms. The van der Waals surface area contributed by atoms with E-state index in [2.05, 4.69) is 166 Å². The van der Waals surface area contributed by atoms with Crippen molar-refractivity contribution >= 4 is 10.8 Å². The van der Waals surface area contributed by atoms with Gasteiger partial charge < -0.3 is 4.74 Å². The molecule has 0 fully saturated rings. The number of hydrogen-bond acceptors (Lipinski definition) is 1. The first-order valence-corrected chi connectivity index (χ1v) is 15.8. The fraction of sp³-hybridized carbons (Fsp3) is 0.0909. The summed E-state index contributed by atoms with van der Waals surface area (Å²) in [6, 6.07) is 57.8. The van der Waals surface area contributed by atoms with Gasteiger partial charge in [0.1, 0.15) is 11.5 Å². The first kappa shape index (κ1) is 26.0. The third-order valence-corrected chi connectivity index (χ3v) is 10.2. The Balaban J connectivity index is 1.36. The van der Waals surface area contributed by atoms with Gasteiger partial charge in [-0.05, 0) is 73.5 Å². The molecule has 0 amide bonds. The number of rotatable bonds is 3. The molecule has 0 N–H and O–H groups in total. The van der Waals surface area contributed by atoms with Gasteiger partial charge in [0.05, 0.1) is 5.41 Å². The van der Waals surface area contributed by atoms with Crippen LogP contribution in [0.1, 0.15) is 47.2 Å². The lowest BCUT2D eigenvalue weighted by Gasteiger charge is -2.37. The lowest BCUT2D eigenvalue weighted by atomic mass is 9.65. The van der Waals surface area contributed by atoms with Crippen LogP contribution in [0, 0.1) is 0 Å². The van der Waals surface area contributed by atoms with Crippen LogP contribution in [0.5, 0.6) is 11.5 Å². The number of benzene rings is 7. The Morgan fingerprint density at radius 3 is 1.89 bits per heavy atom. The zero-order chi connectivity index (χ0) is 30.2. The minimum absolute atomic E-state index is 0.197. The zero-order valence-corrected chi connectivity index (χ0v) is 25.4. The molecule has 1 aliphatic carbocycles. The zero-order valence-electron chi connectivity index (χ0n) is 25.4. The highest BCUT2D eigenvalue weighted by atomic mass is 16.5. The predicted molar refractivity (Wildman–Crippen MR) is 185 cm³/mol. The average Bonchev–Trinajstić information content (AvgIpc) is 3.40.